The van der Waals surface area contributed by atoms with Crippen LogP contribution in [-0.2, 0) is 5.41 Å². The fourth-order valence-corrected chi connectivity index (χ4v) is 10.7. The van der Waals surface area contributed by atoms with E-state index in [4.69, 9.17) is 4.98 Å². The average molecular weight is 830 g/mol. The van der Waals surface area contributed by atoms with E-state index in [-0.39, 0.29) is 5.41 Å². The second-order valence-corrected chi connectivity index (χ2v) is 18.0. The molecule has 0 aliphatic heterocycles. The molecule has 1 aliphatic rings. The zero-order valence-corrected chi connectivity index (χ0v) is 36.2. The van der Waals surface area contributed by atoms with E-state index >= 15 is 0 Å². The zero-order chi connectivity index (χ0) is 43.2. The van der Waals surface area contributed by atoms with E-state index < -0.39 is 0 Å². The van der Waals surface area contributed by atoms with E-state index in [1.54, 1.807) is 0 Å². The van der Waals surface area contributed by atoms with Gasteiger partial charge in [-0.3, -0.25) is 0 Å². The molecule has 0 saturated carbocycles. The van der Waals surface area contributed by atoms with Crippen LogP contribution in [-0.4, -0.2) is 14.1 Å². The number of hydrogen-bond acceptors (Lipinski definition) is 1. The third kappa shape index (κ3) is 5.86. The van der Waals surface area contributed by atoms with E-state index in [2.05, 4.69) is 241 Å². The van der Waals surface area contributed by atoms with Crippen molar-refractivity contribution < 1.29 is 0 Å². The Morgan fingerprint density at radius 2 is 0.831 bits per heavy atom. The van der Waals surface area contributed by atoms with Crippen molar-refractivity contribution in [3.63, 3.8) is 0 Å². The fourth-order valence-electron chi connectivity index (χ4n) is 10.7. The maximum absolute atomic E-state index is 5.15. The molecule has 0 saturated heterocycles. The second-order valence-electron chi connectivity index (χ2n) is 18.0. The molecule has 3 heteroatoms. The van der Waals surface area contributed by atoms with Gasteiger partial charge in [0.2, 0.25) is 0 Å². The van der Waals surface area contributed by atoms with Crippen LogP contribution in [0.3, 0.4) is 0 Å². The number of fused-ring (bicyclic) bond motifs is 9. The Labute approximate surface area is 378 Å². The summed E-state index contributed by atoms with van der Waals surface area (Å²) in [6.07, 6.45) is 0. The molecule has 0 bridgehead atoms. The maximum atomic E-state index is 5.15. The summed E-state index contributed by atoms with van der Waals surface area (Å²) in [4.78, 5) is 5.15. The van der Waals surface area contributed by atoms with E-state index in [1.165, 1.54) is 77.1 Å². The number of rotatable bonds is 6. The van der Waals surface area contributed by atoms with Gasteiger partial charge >= 0.3 is 0 Å². The fraction of sp³-hybridized carbons (Fsp3) is 0.0484. The van der Waals surface area contributed by atoms with Crippen molar-refractivity contribution in [2.75, 3.05) is 0 Å². The minimum absolute atomic E-state index is 0.0381. The molecular weight excluding hydrogens is 787 g/mol. The summed E-state index contributed by atoms with van der Waals surface area (Å²) < 4.78 is 4.83. The molecule has 306 valence electrons. The van der Waals surface area contributed by atoms with Crippen molar-refractivity contribution in [2.24, 2.45) is 0 Å². The van der Waals surface area contributed by atoms with Gasteiger partial charge in [0.1, 0.15) is 0 Å². The van der Waals surface area contributed by atoms with Crippen LogP contribution >= 0.6 is 0 Å². The normalized spacial score (nSPS) is 12.9. The summed E-state index contributed by atoms with van der Waals surface area (Å²) in [5.41, 5.74) is 21.3. The Bertz CT molecular complexity index is 3850. The molecule has 3 nitrogen and oxygen atoms in total. The Morgan fingerprint density at radius 3 is 1.62 bits per heavy atom. The molecule has 0 atom stereocenters. The SMILES string of the molecule is CC1(C)c2ccccc2-c2cc(-c3ccc4c(c3)c3cc(-c5ccc6c7ccccc7n(-c7ccccc7)c6c5)ccc3n4-c3cccc(-c4cccc(-c5ccccc5)n4)c3)ccc21. The van der Waals surface area contributed by atoms with Gasteiger partial charge < -0.3 is 9.13 Å². The standard InChI is InChI=1S/C62H43N3/c1-62(2)54-23-11-9-21-48(54)51-36-41(28-32-55(51)62)42-29-33-59-52(37-42)53-38-43(44-27-31-50-49-22-10-12-26-58(49)64(61(50)39-44)46-18-7-4-8-19-46)30-34-60(53)65(59)47-20-13-17-45(35-47)57-25-14-24-56(63-57)40-15-5-3-6-16-40/h3-39H,1-2H3. The number of pyridine rings is 1. The van der Waals surface area contributed by atoms with Gasteiger partial charge in [-0.25, -0.2) is 4.98 Å². The number of para-hydroxylation sites is 2. The molecule has 12 aromatic rings. The maximum Gasteiger partial charge on any atom is 0.0710 e. The molecule has 3 heterocycles. The van der Waals surface area contributed by atoms with Crippen LogP contribution in [0.4, 0.5) is 0 Å². The van der Waals surface area contributed by atoms with Crippen LogP contribution in [0.25, 0.3) is 111 Å². The van der Waals surface area contributed by atoms with Gasteiger partial charge in [-0.15, -0.1) is 0 Å². The average Bonchev–Trinajstić information content (AvgIpc) is 3.96. The highest BCUT2D eigenvalue weighted by atomic mass is 15.0. The number of nitrogens with zero attached hydrogens (tertiary/aromatic N) is 3. The highest BCUT2D eigenvalue weighted by molar-refractivity contribution is 6.13. The van der Waals surface area contributed by atoms with Gasteiger partial charge in [-0.1, -0.05) is 159 Å². The van der Waals surface area contributed by atoms with Crippen molar-refractivity contribution in [1.82, 2.24) is 14.1 Å². The van der Waals surface area contributed by atoms with E-state index in [0.717, 1.165) is 44.9 Å². The first-order valence-electron chi connectivity index (χ1n) is 22.5. The topological polar surface area (TPSA) is 22.8 Å². The molecule has 9 aromatic carbocycles. The molecule has 65 heavy (non-hydrogen) atoms. The highest BCUT2D eigenvalue weighted by Crippen LogP contribution is 2.50. The van der Waals surface area contributed by atoms with Crippen LogP contribution in [0, 0.1) is 0 Å². The van der Waals surface area contributed by atoms with E-state index in [0.29, 0.717) is 0 Å². The predicted molar refractivity (Wildman–Crippen MR) is 272 cm³/mol. The van der Waals surface area contributed by atoms with Gasteiger partial charge in [0, 0.05) is 49.5 Å². The van der Waals surface area contributed by atoms with Gasteiger partial charge in [0.25, 0.3) is 0 Å². The molecule has 1 aliphatic carbocycles. The molecule has 13 rings (SSSR count). The van der Waals surface area contributed by atoms with E-state index in [9.17, 15) is 0 Å². The lowest BCUT2D eigenvalue weighted by Crippen LogP contribution is -2.14. The van der Waals surface area contributed by atoms with Crippen LogP contribution in [0.15, 0.2) is 224 Å². The Hall–Kier alpha value is -8.27. The summed E-state index contributed by atoms with van der Waals surface area (Å²) in [7, 11) is 0. The van der Waals surface area contributed by atoms with E-state index in [1.807, 2.05) is 6.07 Å². The lowest BCUT2D eigenvalue weighted by Gasteiger charge is -2.21. The van der Waals surface area contributed by atoms with Gasteiger partial charge in [-0.2, -0.15) is 0 Å². The molecule has 0 radical (unpaired) electrons. The first kappa shape index (κ1) is 37.3. The Kier molecular flexibility index (Phi) is 8.25. The summed E-state index contributed by atoms with van der Waals surface area (Å²) in [6.45, 7) is 4.69. The summed E-state index contributed by atoms with van der Waals surface area (Å²) in [6, 6.07) is 82.0. The molecule has 0 spiro atoms. The highest BCUT2D eigenvalue weighted by Gasteiger charge is 2.35. The summed E-state index contributed by atoms with van der Waals surface area (Å²) in [5.74, 6) is 0. The van der Waals surface area contributed by atoms with Crippen molar-refractivity contribution in [2.45, 2.75) is 19.3 Å². The van der Waals surface area contributed by atoms with Crippen LogP contribution in [0.5, 0.6) is 0 Å². The minimum atomic E-state index is -0.0381. The third-order valence-electron chi connectivity index (χ3n) is 13.9. The van der Waals surface area contributed by atoms with Crippen LogP contribution < -0.4 is 0 Å². The first-order chi connectivity index (χ1) is 32.0. The lowest BCUT2D eigenvalue weighted by molar-refractivity contribution is 0.660. The molecule has 0 N–H and O–H groups in total. The smallest absolute Gasteiger partial charge is 0.0710 e. The molecule has 0 fully saturated rings. The van der Waals surface area contributed by atoms with Gasteiger partial charge in [0.05, 0.1) is 33.5 Å². The quantitative estimate of drug-likeness (QED) is 0.164. The predicted octanol–water partition coefficient (Wildman–Crippen LogP) is 16.3. The summed E-state index contributed by atoms with van der Waals surface area (Å²) >= 11 is 0. The van der Waals surface area contributed by atoms with Crippen molar-refractivity contribution in [1.29, 1.82) is 0 Å². The molecule has 3 aromatic heterocycles. The lowest BCUT2D eigenvalue weighted by atomic mass is 9.82. The Morgan fingerprint density at radius 1 is 0.308 bits per heavy atom. The number of benzene rings is 9. The first-order valence-corrected chi connectivity index (χ1v) is 22.5. The van der Waals surface area contributed by atoms with Gasteiger partial charge in [-0.05, 0) is 123 Å². The summed E-state index contributed by atoms with van der Waals surface area (Å²) in [5, 5.41) is 4.94. The monoisotopic (exact) mass is 829 g/mol. The molecular formula is C62H43N3. The molecule has 0 amide bonds. The van der Waals surface area contributed by atoms with Crippen molar-refractivity contribution in [3.05, 3.63) is 236 Å². The van der Waals surface area contributed by atoms with Crippen LogP contribution in [0.2, 0.25) is 0 Å². The van der Waals surface area contributed by atoms with Gasteiger partial charge in [0.15, 0.2) is 0 Å². The number of hydrogen-bond donors (Lipinski definition) is 0. The third-order valence-corrected chi connectivity index (χ3v) is 13.9. The zero-order valence-electron chi connectivity index (χ0n) is 36.2. The van der Waals surface area contributed by atoms with Crippen molar-refractivity contribution in [3.8, 4) is 67.3 Å². The molecule has 0 unspecified atom stereocenters. The second kappa shape index (κ2) is 14.4. The number of aromatic nitrogens is 3. The Balaban J connectivity index is 1.00. The van der Waals surface area contributed by atoms with Crippen LogP contribution in [0.1, 0.15) is 25.0 Å². The minimum Gasteiger partial charge on any atom is -0.309 e. The van der Waals surface area contributed by atoms with Crippen molar-refractivity contribution >= 4 is 43.6 Å². The largest absolute Gasteiger partial charge is 0.309 e.